The van der Waals surface area contributed by atoms with E-state index in [0.717, 1.165) is 0 Å². The average molecular weight is 162 g/mol. The Hall–Kier alpha value is 0.878. The molecule has 0 aliphatic heterocycles. The van der Waals surface area contributed by atoms with E-state index in [9.17, 15) is 0 Å². The minimum atomic E-state index is -1.50. The van der Waals surface area contributed by atoms with Crippen LogP contribution in [0.25, 0.3) is 0 Å². The van der Waals surface area contributed by atoms with Crippen LogP contribution in [0.5, 0.6) is 0 Å². The van der Waals surface area contributed by atoms with Crippen LogP contribution in [0.15, 0.2) is 0 Å². The molecule has 26 valence electrons. The molecule has 0 rings (SSSR count). The van der Waals surface area contributed by atoms with Crippen molar-refractivity contribution in [3.05, 3.63) is 0 Å². The molecule has 0 aromatic carbocycles. The summed E-state index contributed by atoms with van der Waals surface area (Å²) in [5, 5.41) is 0. The molecule has 4 heteroatoms. The Labute approximate surface area is 39.8 Å². The van der Waals surface area contributed by atoms with Crippen LogP contribution in [-0.2, 0) is 25.6 Å². The summed E-state index contributed by atoms with van der Waals surface area (Å²) in [5.74, 6) is 0. The zero-order valence-electron chi connectivity index (χ0n) is 1.84. The van der Waals surface area contributed by atoms with Gasteiger partial charge in [-0.1, -0.05) is 0 Å². The van der Waals surface area contributed by atoms with E-state index in [1.54, 1.807) is 0 Å². The molecule has 4 heavy (non-hydrogen) atoms. The predicted molar refractivity (Wildman–Crippen MR) is 12.6 cm³/mol. The standard InChI is InChI=1S/Mo.H3O2P/c;1-3-2/h;3H2,(H,1,2). The van der Waals surface area contributed by atoms with Gasteiger partial charge in [-0.15, -0.1) is 0 Å². The minimum absolute atomic E-state index is 0. The molecule has 0 aromatic heterocycles. The molecule has 0 saturated carbocycles. The summed E-state index contributed by atoms with van der Waals surface area (Å²) in [7, 11) is -1.50. The summed E-state index contributed by atoms with van der Waals surface area (Å²) < 4.78 is 8.57. The van der Waals surface area contributed by atoms with Gasteiger partial charge in [-0.05, 0) is 0 Å². The van der Waals surface area contributed by atoms with Crippen molar-refractivity contribution in [2.24, 2.45) is 0 Å². The van der Waals surface area contributed by atoms with Gasteiger partial charge in [-0.3, -0.25) is 4.57 Å². The van der Waals surface area contributed by atoms with Crippen molar-refractivity contribution in [3.8, 4) is 0 Å². The maximum absolute atomic E-state index is 8.57. The van der Waals surface area contributed by atoms with E-state index in [0.29, 0.717) is 0 Å². The van der Waals surface area contributed by atoms with Crippen LogP contribution >= 0.6 is 8.69 Å². The molecule has 0 saturated heterocycles. The fourth-order valence-electron chi connectivity index (χ4n) is 0. The molecule has 1 N–H and O–H groups in total. The monoisotopic (exact) mass is 164 g/mol. The molecular formula is H3MoO2P. The quantitative estimate of drug-likeness (QED) is 0.390. The van der Waals surface area contributed by atoms with E-state index in [2.05, 4.69) is 0 Å². The van der Waals surface area contributed by atoms with Gasteiger partial charge in [0.05, 0.1) is 0 Å². The molecule has 0 aliphatic carbocycles. The summed E-state index contributed by atoms with van der Waals surface area (Å²) in [5.41, 5.74) is 0. The first kappa shape index (κ1) is 8.86. The van der Waals surface area contributed by atoms with Gasteiger partial charge < -0.3 is 4.89 Å². The Morgan fingerprint density at radius 2 is 1.75 bits per heavy atom. The van der Waals surface area contributed by atoms with Crippen LogP contribution in [0.4, 0.5) is 0 Å². The molecule has 0 aliphatic rings. The van der Waals surface area contributed by atoms with Crippen molar-refractivity contribution in [2.45, 2.75) is 0 Å². The first-order valence-electron chi connectivity index (χ1n) is 0.494. The van der Waals surface area contributed by atoms with Crippen LogP contribution in [0, 0.1) is 0 Å². The summed E-state index contributed by atoms with van der Waals surface area (Å²) >= 11 is 0. The van der Waals surface area contributed by atoms with Crippen molar-refractivity contribution in [2.75, 3.05) is 0 Å². The van der Waals surface area contributed by atoms with E-state index in [4.69, 9.17) is 9.46 Å². The van der Waals surface area contributed by atoms with E-state index >= 15 is 0 Å². The second-order valence-corrected chi connectivity index (χ2v) is 0.316. The van der Waals surface area contributed by atoms with Gasteiger partial charge in [0.2, 0.25) is 0 Å². The molecule has 1 atom stereocenters. The van der Waals surface area contributed by atoms with E-state index in [-0.39, 0.29) is 21.1 Å². The zero-order valence-corrected chi connectivity index (χ0v) is 5.00. The van der Waals surface area contributed by atoms with Gasteiger partial charge in [0.1, 0.15) is 0 Å². The average Bonchev–Trinajstić information content (AvgIpc) is 0.918. The Kier molecular flexibility index (Phi) is 20.2. The minimum Gasteiger partial charge on any atom is -0.348 e. The van der Waals surface area contributed by atoms with Gasteiger partial charge in [0.15, 0.2) is 8.69 Å². The molecule has 0 amide bonds. The fraction of sp³-hybridized carbons (Fsp3) is 0. The molecular weight excluding hydrogens is 159 g/mol. The zero-order chi connectivity index (χ0) is 2.71. The summed E-state index contributed by atoms with van der Waals surface area (Å²) in [6.07, 6.45) is 0. The molecule has 0 radical (unpaired) electrons. The third kappa shape index (κ3) is 13.2. The number of hydrogen-bond acceptors (Lipinski definition) is 1. The maximum Gasteiger partial charge on any atom is 0.177 e. The van der Waals surface area contributed by atoms with Gasteiger partial charge >= 0.3 is 0 Å². The summed E-state index contributed by atoms with van der Waals surface area (Å²) in [6, 6.07) is 0. The topological polar surface area (TPSA) is 37.3 Å². The Morgan fingerprint density at radius 3 is 1.75 bits per heavy atom. The molecule has 0 fully saturated rings. The summed E-state index contributed by atoms with van der Waals surface area (Å²) in [4.78, 5) is 7.10. The van der Waals surface area contributed by atoms with Crippen LogP contribution in [-0.4, -0.2) is 4.89 Å². The van der Waals surface area contributed by atoms with E-state index in [1.807, 2.05) is 0 Å². The maximum atomic E-state index is 8.57. The first-order valence-corrected chi connectivity index (χ1v) is 1.48. The molecule has 0 spiro atoms. The second-order valence-electron chi connectivity index (χ2n) is 0.105. The Morgan fingerprint density at radius 1 is 1.75 bits per heavy atom. The Balaban J connectivity index is 0. The van der Waals surface area contributed by atoms with Crippen molar-refractivity contribution in [1.29, 1.82) is 0 Å². The number of rotatable bonds is 0. The van der Waals surface area contributed by atoms with Gasteiger partial charge in [0.25, 0.3) is 0 Å². The normalized spacial score (nSPS) is 7.25. The van der Waals surface area contributed by atoms with Crippen molar-refractivity contribution < 1.29 is 30.5 Å². The largest absolute Gasteiger partial charge is 0.348 e. The third-order valence-corrected chi connectivity index (χ3v) is 0. The van der Waals surface area contributed by atoms with Gasteiger partial charge in [-0.2, -0.15) is 0 Å². The second kappa shape index (κ2) is 9.11. The first-order chi connectivity index (χ1) is 1.41. The predicted octanol–water partition coefficient (Wildman–Crippen LogP) is -0.353. The SMILES string of the molecule is O=[PH2]O.[Mo]. The number of hydrogen-bond donors (Lipinski definition) is 1. The van der Waals surface area contributed by atoms with Crippen molar-refractivity contribution in [3.63, 3.8) is 0 Å². The van der Waals surface area contributed by atoms with Crippen LogP contribution < -0.4 is 0 Å². The van der Waals surface area contributed by atoms with Crippen molar-refractivity contribution >= 4 is 8.69 Å². The fourth-order valence-corrected chi connectivity index (χ4v) is 0. The third-order valence-electron chi connectivity index (χ3n) is 0. The molecule has 2 nitrogen and oxygen atoms in total. The van der Waals surface area contributed by atoms with Gasteiger partial charge in [0, 0.05) is 21.1 Å². The molecule has 0 heterocycles. The summed E-state index contributed by atoms with van der Waals surface area (Å²) in [6.45, 7) is 0. The molecule has 1 unspecified atom stereocenters. The molecule has 0 bridgehead atoms. The van der Waals surface area contributed by atoms with Crippen LogP contribution in [0.3, 0.4) is 0 Å². The van der Waals surface area contributed by atoms with E-state index in [1.165, 1.54) is 0 Å². The molecule has 0 aromatic rings. The Bertz CT molecular complexity index is 13.5. The van der Waals surface area contributed by atoms with E-state index < -0.39 is 8.69 Å². The smallest absolute Gasteiger partial charge is 0.177 e. The van der Waals surface area contributed by atoms with Gasteiger partial charge in [-0.25, -0.2) is 0 Å². The van der Waals surface area contributed by atoms with Crippen LogP contribution in [0.1, 0.15) is 0 Å². The van der Waals surface area contributed by atoms with Crippen LogP contribution in [0.2, 0.25) is 0 Å². The van der Waals surface area contributed by atoms with Crippen molar-refractivity contribution in [1.82, 2.24) is 0 Å².